The lowest BCUT2D eigenvalue weighted by Gasteiger charge is -2.39. The van der Waals surface area contributed by atoms with Crippen molar-refractivity contribution in [3.05, 3.63) is 60.2 Å². The third-order valence-electron chi connectivity index (χ3n) is 7.88. The van der Waals surface area contributed by atoms with E-state index in [1.54, 1.807) is 4.31 Å². The van der Waals surface area contributed by atoms with Gasteiger partial charge in [-0.1, -0.05) is 82.3 Å². The van der Waals surface area contributed by atoms with E-state index < -0.39 is 11.0 Å². The summed E-state index contributed by atoms with van der Waals surface area (Å²) >= 11 is 0. The smallest absolute Gasteiger partial charge is 0.234 e. The van der Waals surface area contributed by atoms with Crippen LogP contribution in [0.3, 0.4) is 0 Å². The van der Waals surface area contributed by atoms with E-state index in [0.29, 0.717) is 24.5 Å². The van der Waals surface area contributed by atoms with Crippen LogP contribution in [0.25, 0.3) is 11.1 Å². The van der Waals surface area contributed by atoms with Gasteiger partial charge in [-0.3, -0.25) is 9.10 Å². The minimum absolute atomic E-state index is 0.0362. The average Bonchev–Trinajstić information content (AvgIpc) is 3.06. The number of nitrogens with zero attached hydrogens (tertiary/aromatic N) is 1. The highest BCUT2D eigenvalue weighted by atomic mass is 32.2. The molecular formula is C25H31NO2S. The van der Waals surface area contributed by atoms with E-state index in [-0.39, 0.29) is 22.8 Å². The van der Waals surface area contributed by atoms with Crippen molar-refractivity contribution in [1.82, 2.24) is 4.31 Å². The normalized spacial score (nSPS) is 30.3. The molecule has 1 amide bonds. The van der Waals surface area contributed by atoms with Gasteiger partial charge in [0.25, 0.3) is 0 Å². The molecule has 0 radical (unpaired) electrons. The first-order valence-corrected chi connectivity index (χ1v) is 11.9. The second-order valence-corrected chi connectivity index (χ2v) is 10.9. The Bertz CT molecular complexity index is 922. The van der Waals surface area contributed by atoms with Crippen molar-refractivity contribution in [1.29, 1.82) is 0 Å². The Kier molecular flexibility index (Phi) is 5.18. The van der Waals surface area contributed by atoms with Gasteiger partial charge in [0.15, 0.2) is 0 Å². The van der Waals surface area contributed by atoms with Crippen molar-refractivity contribution >= 4 is 16.9 Å². The summed E-state index contributed by atoms with van der Waals surface area (Å²) in [5.41, 5.74) is 3.55. The summed E-state index contributed by atoms with van der Waals surface area (Å²) in [4.78, 5) is 13.1. The lowest BCUT2D eigenvalue weighted by atomic mass is 9.66. The Morgan fingerprint density at radius 3 is 2.31 bits per heavy atom. The van der Waals surface area contributed by atoms with E-state index in [1.165, 1.54) is 11.1 Å². The standard InChI is InChI=1S/C25H31NO2S/c1-18-16-22-25(4,24(18,2)3)17-29(28)26(22)23(27)15-12-19-10-13-21(14-11-19)20-8-6-5-7-9-20/h5-11,13-14,18,22H,12,15-17H2,1-4H3. The van der Waals surface area contributed by atoms with Crippen LogP contribution in [-0.4, -0.2) is 26.2 Å². The van der Waals surface area contributed by atoms with Gasteiger partial charge in [0.2, 0.25) is 5.91 Å². The zero-order valence-electron chi connectivity index (χ0n) is 17.9. The highest BCUT2D eigenvalue weighted by molar-refractivity contribution is 7.83. The first-order chi connectivity index (χ1) is 13.7. The highest BCUT2D eigenvalue weighted by Gasteiger charge is 2.63. The third kappa shape index (κ3) is 3.35. The lowest BCUT2D eigenvalue weighted by molar-refractivity contribution is -0.128. The van der Waals surface area contributed by atoms with Crippen LogP contribution in [0.2, 0.25) is 0 Å². The lowest BCUT2D eigenvalue weighted by Crippen LogP contribution is -2.43. The van der Waals surface area contributed by atoms with Crippen LogP contribution in [-0.2, 0) is 22.2 Å². The maximum Gasteiger partial charge on any atom is 0.234 e. The molecule has 4 unspecified atom stereocenters. The first kappa shape index (κ1) is 20.3. The molecule has 154 valence electrons. The molecule has 0 spiro atoms. The van der Waals surface area contributed by atoms with Crippen molar-refractivity contribution in [2.45, 2.75) is 53.0 Å². The molecule has 1 saturated heterocycles. The van der Waals surface area contributed by atoms with Crippen molar-refractivity contribution in [2.75, 3.05) is 5.75 Å². The largest absolute Gasteiger partial charge is 0.274 e. The van der Waals surface area contributed by atoms with Gasteiger partial charge >= 0.3 is 0 Å². The molecule has 0 N–H and O–H groups in total. The van der Waals surface area contributed by atoms with Gasteiger partial charge in [-0.2, -0.15) is 0 Å². The van der Waals surface area contributed by atoms with Crippen molar-refractivity contribution in [2.24, 2.45) is 16.7 Å². The van der Waals surface area contributed by atoms with Crippen LogP contribution in [0.5, 0.6) is 0 Å². The molecule has 3 nitrogen and oxygen atoms in total. The summed E-state index contributed by atoms with van der Waals surface area (Å²) in [6.07, 6.45) is 2.05. The SMILES string of the molecule is CC1CC2N(C(=O)CCc3ccc(-c4ccccc4)cc3)S(=O)CC2(C)C1(C)C. The number of aryl methyl sites for hydroxylation is 1. The van der Waals surface area contributed by atoms with E-state index in [0.717, 1.165) is 12.0 Å². The Morgan fingerprint density at radius 1 is 1.03 bits per heavy atom. The van der Waals surface area contributed by atoms with Crippen LogP contribution < -0.4 is 0 Å². The zero-order valence-corrected chi connectivity index (χ0v) is 18.7. The van der Waals surface area contributed by atoms with Crippen molar-refractivity contribution in [3.8, 4) is 11.1 Å². The van der Waals surface area contributed by atoms with Crippen LogP contribution >= 0.6 is 0 Å². The predicted octanol–water partition coefficient (Wildman–Crippen LogP) is 5.23. The molecule has 1 aliphatic heterocycles. The van der Waals surface area contributed by atoms with Gasteiger partial charge < -0.3 is 0 Å². The second-order valence-electron chi connectivity index (χ2n) is 9.54. The van der Waals surface area contributed by atoms with Crippen LogP contribution in [0.4, 0.5) is 0 Å². The Balaban J connectivity index is 1.43. The van der Waals surface area contributed by atoms with Crippen LogP contribution in [0.15, 0.2) is 54.6 Å². The summed E-state index contributed by atoms with van der Waals surface area (Å²) in [6.45, 7) is 9.05. The molecule has 0 aromatic heterocycles. The molecule has 29 heavy (non-hydrogen) atoms. The van der Waals surface area contributed by atoms with Gasteiger partial charge in [0.05, 0.1) is 11.8 Å². The maximum absolute atomic E-state index is 13.1. The number of carbonyl (C=O) groups is 1. The van der Waals surface area contributed by atoms with E-state index >= 15 is 0 Å². The molecule has 4 atom stereocenters. The average molecular weight is 410 g/mol. The minimum atomic E-state index is -1.20. The van der Waals surface area contributed by atoms with Crippen LogP contribution in [0, 0.1) is 16.7 Å². The zero-order chi connectivity index (χ0) is 20.8. The molecule has 1 heterocycles. The van der Waals surface area contributed by atoms with E-state index in [1.807, 2.05) is 18.2 Å². The molecule has 2 aliphatic rings. The molecule has 1 aliphatic carbocycles. The fraction of sp³-hybridized carbons (Fsp3) is 0.480. The fourth-order valence-corrected chi connectivity index (χ4v) is 7.27. The predicted molar refractivity (Wildman–Crippen MR) is 120 cm³/mol. The van der Waals surface area contributed by atoms with E-state index in [4.69, 9.17) is 0 Å². The molecule has 0 bridgehead atoms. The molecule has 1 saturated carbocycles. The number of carbonyl (C=O) groups excluding carboxylic acids is 1. The Labute approximate surface area is 177 Å². The molecule has 4 heteroatoms. The van der Waals surface area contributed by atoms with Gasteiger partial charge in [0, 0.05) is 11.8 Å². The third-order valence-corrected chi connectivity index (χ3v) is 9.62. The highest BCUT2D eigenvalue weighted by Crippen LogP contribution is 2.60. The van der Waals surface area contributed by atoms with E-state index in [2.05, 4.69) is 64.1 Å². The summed E-state index contributed by atoms with van der Waals surface area (Å²) in [7, 11) is -1.20. The number of rotatable bonds is 4. The van der Waals surface area contributed by atoms with Crippen molar-refractivity contribution < 1.29 is 9.00 Å². The summed E-state index contributed by atoms with van der Waals surface area (Å²) in [5, 5.41) is 0. The molecule has 2 fully saturated rings. The fourth-order valence-electron chi connectivity index (χ4n) is 5.13. The van der Waals surface area contributed by atoms with Crippen LogP contribution in [0.1, 0.15) is 46.1 Å². The first-order valence-electron chi connectivity index (χ1n) is 10.6. The topological polar surface area (TPSA) is 37.4 Å². The van der Waals surface area contributed by atoms with Crippen molar-refractivity contribution in [3.63, 3.8) is 0 Å². The second kappa shape index (κ2) is 7.39. The summed E-state index contributed by atoms with van der Waals surface area (Å²) < 4.78 is 14.6. The Morgan fingerprint density at radius 2 is 1.66 bits per heavy atom. The van der Waals surface area contributed by atoms with E-state index in [9.17, 15) is 9.00 Å². The molecule has 4 rings (SSSR count). The van der Waals surface area contributed by atoms with Gasteiger partial charge in [-0.15, -0.1) is 0 Å². The molecular weight excluding hydrogens is 378 g/mol. The summed E-state index contributed by atoms with van der Waals surface area (Å²) in [5.74, 6) is 1.16. The quantitative estimate of drug-likeness (QED) is 0.693. The molecule has 2 aromatic carbocycles. The van der Waals surface area contributed by atoms with Gasteiger partial charge in [0.1, 0.15) is 11.0 Å². The minimum Gasteiger partial charge on any atom is -0.274 e. The Hall–Kier alpha value is -1.94. The van der Waals surface area contributed by atoms with Gasteiger partial charge in [-0.25, -0.2) is 4.21 Å². The monoisotopic (exact) mass is 409 g/mol. The number of benzene rings is 2. The number of fused-ring (bicyclic) bond motifs is 1. The molecule has 2 aromatic rings. The van der Waals surface area contributed by atoms with Gasteiger partial charge in [-0.05, 0) is 40.9 Å². The number of hydrogen-bond acceptors (Lipinski definition) is 2. The maximum atomic E-state index is 13.1. The number of amides is 1. The number of hydrogen-bond donors (Lipinski definition) is 0. The summed E-state index contributed by atoms with van der Waals surface area (Å²) in [6, 6.07) is 18.8.